The second-order valence-corrected chi connectivity index (χ2v) is 9.35. The predicted octanol–water partition coefficient (Wildman–Crippen LogP) is 2.59. The number of amides is 1. The van der Waals surface area contributed by atoms with Crippen LogP contribution in [0.15, 0.2) is 42.6 Å². The lowest BCUT2D eigenvalue weighted by Gasteiger charge is -2.14. The first-order valence-corrected chi connectivity index (χ1v) is 12.6. The minimum absolute atomic E-state index is 0.0434. The Bertz CT molecular complexity index is 1010. The van der Waals surface area contributed by atoms with E-state index in [4.69, 9.17) is 18.9 Å². The lowest BCUT2D eigenvalue weighted by Crippen LogP contribution is -2.40. The predicted molar refractivity (Wildman–Crippen MR) is 125 cm³/mol. The topological polar surface area (TPSA) is 125 Å². The van der Waals surface area contributed by atoms with Crippen LogP contribution < -0.4 is 18.9 Å². The summed E-state index contributed by atoms with van der Waals surface area (Å²) in [7, 11) is -2.44. The van der Waals surface area contributed by atoms with E-state index in [1.807, 2.05) is 22.9 Å². The number of pyridine rings is 1. The van der Waals surface area contributed by atoms with E-state index in [9.17, 15) is 13.2 Å². The fraction of sp³-hybridized carbons (Fsp3) is 0.478. The molecule has 1 aromatic heterocycles. The highest BCUT2D eigenvalue weighted by Crippen LogP contribution is 2.32. The van der Waals surface area contributed by atoms with E-state index >= 15 is 0 Å². The molecule has 0 spiro atoms. The number of nitrogens with zero attached hydrogens (tertiary/aromatic N) is 1. The van der Waals surface area contributed by atoms with Gasteiger partial charge in [-0.3, -0.25) is 4.98 Å². The van der Waals surface area contributed by atoms with E-state index in [1.54, 1.807) is 31.5 Å². The van der Waals surface area contributed by atoms with Gasteiger partial charge in [-0.05, 0) is 55.4 Å². The molecule has 0 aliphatic heterocycles. The van der Waals surface area contributed by atoms with E-state index in [0.29, 0.717) is 50.0 Å². The van der Waals surface area contributed by atoms with Crippen LogP contribution >= 0.6 is 0 Å². The number of hydrogen-bond donors (Lipinski definition) is 2. The Kier molecular flexibility index (Phi) is 9.92. The van der Waals surface area contributed by atoms with Gasteiger partial charge in [-0.2, -0.15) is 13.1 Å². The SMILES string of the molecule is COCCOc1ccc(CCCOC(=O)NS(=O)(=O)NCc2ccccn2)c(OCC2CC2)c1. The fourth-order valence-electron chi connectivity index (χ4n) is 2.97. The van der Waals surface area contributed by atoms with Crippen molar-refractivity contribution in [2.24, 2.45) is 5.92 Å². The summed E-state index contributed by atoms with van der Waals surface area (Å²) in [4.78, 5) is 15.9. The molecule has 1 amide bonds. The van der Waals surface area contributed by atoms with Crippen LogP contribution in [0.5, 0.6) is 11.5 Å². The van der Waals surface area contributed by atoms with E-state index in [-0.39, 0.29) is 13.2 Å². The number of ether oxygens (including phenoxy) is 4. The number of carbonyl (C=O) groups is 1. The number of nitrogens with one attached hydrogen (secondary N) is 2. The van der Waals surface area contributed by atoms with Crippen molar-refractivity contribution in [3.63, 3.8) is 0 Å². The molecular weight excluding hydrogens is 462 g/mol. The molecule has 10 nitrogen and oxygen atoms in total. The summed E-state index contributed by atoms with van der Waals surface area (Å²) >= 11 is 0. The molecule has 0 unspecified atom stereocenters. The molecule has 0 saturated heterocycles. The van der Waals surface area contributed by atoms with Crippen molar-refractivity contribution < 1.29 is 32.2 Å². The molecule has 0 radical (unpaired) electrons. The molecule has 2 aromatic rings. The quantitative estimate of drug-likeness (QED) is 0.363. The Hall–Kier alpha value is -2.89. The monoisotopic (exact) mass is 493 g/mol. The van der Waals surface area contributed by atoms with E-state index in [1.165, 1.54) is 12.8 Å². The second kappa shape index (κ2) is 13.1. The van der Waals surface area contributed by atoms with Gasteiger partial charge in [0.05, 0.1) is 32.1 Å². The lowest BCUT2D eigenvalue weighted by atomic mass is 10.1. The molecule has 2 N–H and O–H groups in total. The average molecular weight is 494 g/mol. The average Bonchev–Trinajstić information content (AvgIpc) is 3.65. The van der Waals surface area contributed by atoms with E-state index in [0.717, 1.165) is 11.3 Å². The van der Waals surface area contributed by atoms with Gasteiger partial charge in [-0.25, -0.2) is 9.52 Å². The van der Waals surface area contributed by atoms with Crippen molar-refractivity contribution in [1.82, 2.24) is 14.4 Å². The zero-order valence-corrected chi connectivity index (χ0v) is 20.0. The number of aromatic nitrogens is 1. The lowest BCUT2D eigenvalue weighted by molar-refractivity contribution is 0.146. The first-order valence-electron chi connectivity index (χ1n) is 11.2. The van der Waals surface area contributed by atoms with Crippen molar-refractivity contribution in [2.45, 2.75) is 32.2 Å². The van der Waals surface area contributed by atoms with Crippen molar-refractivity contribution >= 4 is 16.3 Å². The van der Waals surface area contributed by atoms with Crippen LogP contribution in [0.1, 0.15) is 30.5 Å². The Labute approximate surface area is 200 Å². The van der Waals surface area contributed by atoms with Crippen LogP contribution in [-0.4, -0.2) is 53.0 Å². The Morgan fingerprint density at radius 2 is 1.97 bits per heavy atom. The summed E-state index contributed by atoms with van der Waals surface area (Å²) in [5.41, 5.74) is 1.49. The molecule has 1 saturated carbocycles. The van der Waals surface area contributed by atoms with Gasteiger partial charge < -0.3 is 18.9 Å². The van der Waals surface area contributed by atoms with Crippen molar-refractivity contribution in [3.05, 3.63) is 53.9 Å². The highest BCUT2D eigenvalue weighted by molar-refractivity contribution is 7.88. The van der Waals surface area contributed by atoms with Gasteiger partial charge in [0.15, 0.2) is 0 Å². The Morgan fingerprint density at radius 1 is 1.12 bits per heavy atom. The number of carbonyl (C=O) groups excluding carboxylic acids is 1. The summed E-state index contributed by atoms with van der Waals surface area (Å²) < 4.78 is 49.7. The minimum Gasteiger partial charge on any atom is -0.493 e. The maximum Gasteiger partial charge on any atom is 0.421 e. The molecule has 1 heterocycles. The summed E-state index contributed by atoms with van der Waals surface area (Å²) in [6.07, 6.45) is 3.97. The van der Waals surface area contributed by atoms with Crippen molar-refractivity contribution in [2.75, 3.05) is 33.5 Å². The van der Waals surface area contributed by atoms with Crippen molar-refractivity contribution in [3.8, 4) is 11.5 Å². The van der Waals surface area contributed by atoms with E-state index < -0.39 is 16.3 Å². The van der Waals surface area contributed by atoms with Crippen LogP contribution in [0.25, 0.3) is 0 Å². The van der Waals surface area contributed by atoms with Gasteiger partial charge in [-0.1, -0.05) is 12.1 Å². The number of aryl methyl sites for hydroxylation is 1. The molecule has 1 aliphatic carbocycles. The number of hydrogen-bond acceptors (Lipinski definition) is 8. The van der Waals surface area contributed by atoms with Crippen LogP contribution in [0.3, 0.4) is 0 Å². The van der Waals surface area contributed by atoms with E-state index in [2.05, 4.69) is 9.71 Å². The third kappa shape index (κ3) is 9.54. The molecule has 34 heavy (non-hydrogen) atoms. The van der Waals surface area contributed by atoms with Crippen molar-refractivity contribution in [1.29, 1.82) is 0 Å². The van der Waals surface area contributed by atoms with Gasteiger partial charge in [0.25, 0.3) is 0 Å². The molecule has 186 valence electrons. The molecule has 1 aromatic carbocycles. The third-order valence-corrected chi connectivity index (χ3v) is 5.94. The van der Waals surface area contributed by atoms with Gasteiger partial charge in [0.2, 0.25) is 0 Å². The summed E-state index contributed by atoms with van der Waals surface area (Å²) in [5.74, 6) is 2.05. The minimum atomic E-state index is -4.06. The zero-order chi connectivity index (χ0) is 24.2. The second-order valence-electron chi connectivity index (χ2n) is 7.85. The molecule has 0 bridgehead atoms. The van der Waals surface area contributed by atoms with Crippen LogP contribution in [0.4, 0.5) is 4.79 Å². The largest absolute Gasteiger partial charge is 0.493 e. The molecule has 3 rings (SSSR count). The van der Waals surface area contributed by atoms with Gasteiger partial charge >= 0.3 is 16.3 Å². The maximum absolute atomic E-state index is 12.0. The standard InChI is InChI=1S/C23H31N3O7S/c1-30-13-14-31-21-10-9-19(22(15-21)33-17-18-7-8-18)5-4-12-32-23(27)26-34(28,29)25-16-20-6-2-3-11-24-20/h2-3,6,9-11,15,18,25H,4-5,7-8,12-14,16-17H2,1H3,(H,26,27). The number of methoxy groups -OCH3 is 1. The molecule has 1 fully saturated rings. The Balaban J connectivity index is 1.42. The number of benzene rings is 1. The van der Waals surface area contributed by atoms with Crippen LogP contribution in [0.2, 0.25) is 0 Å². The molecule has 11 heteroatoms. The molecule has 1 aliphatic rings. The van der Waals surface area contributed by atoms with Crippen LogP contribution in [0, 0.1) is 5.92 Å². The first kappa shape index (κ1) is 25.7. The normalized spacial score (nSPS) is 13.3. The Morgan fingerprint density at radius 3 is 2.71 bits per heavy atom. The highest BCUT2D eigenvalue weighted by atomic mass is 32.2. The van der Waals surface area contributed by atoms with Gasteiger partial charge in [0.1, 0.15) is 18.1 Å². The smallest absolute Gasteiger partial charge is 0.421 e. The van der Waals surface area contributed by atoms with Crippen LogP contribution in [-0.2, 0) is 32.6 Å². The number of rotatable bonds is 15. The summed E-state index contributed by atoms with van der Waals surface area (Å²) in [5, 5.41) is 0. The molecule has 0 atom stereocenters. The third-order valence-electron chi connectivity index (χ3n) is 4.98. The maximum atomic E-state index is 12.0. The highest BCUT2D eigenvalue weighted by Gasteiger charge is 2.22. The van der Waals surface area contributed by atoms with Gasteiger partial charge in [0, 0.05) is 19.4 Å². The molecular formula is C23H31N3O7S. The first-order chi connectivity index (χ1) is 16.4. The zero-order valence-electron chi connectivity index (χ0n) is 19.2. The fourth-order valence-corrected chi connectivity index (χ4v) is 3.66. The van der Waals surface area contributed by atoms with Gasteiger partial charge in [-0.15, -0.1) is 0 Å². The summed E-state index contributed by atoms with van der Waals surface area (Å²) in [6, 6.07) is 10.8. The summed E-state index contributed by atoms with van der Waals surface area (Å²) in [6.45, 7) is 1.61.